The van der Waals surface area contributed by atoms with Gasteiger partial charge in [-0.2, -0.15) is 8.78 Å². The summed E-state index contributed by atoms with van der Waals surface area (Å²) in [5, 5.41) is -3.73. The Hall–Kier alpha value is 0.420. The van der Waals surface area contributed by atoms with E-state index in [0.717, 1.165) is 0 Å². The first-order valence-corrected chi connectivity index (χ1v) is 3.56. The Labute approximate surface area is 72.8 Å². The standard InChI is InChI=1S/C4H3BrClF5/c5-4(10,11)3(6,9)1-2(7)8/h2H,1H2. The van der Waals surface area contributed by atoms with Crippen molar-refractivity contribution in [3.8, 4) is 0 Å². The molecule has 68 valence electrons. The zero-order chi connectivity index (χ0) is 9.28. The van der Waals surface area contributed by atoms with Crippen LogP contribution in [0.2, 0.25) is 0 Å². The Balaban J connectivity index is 4.22. The molecular weight excluding hydrogens is 258 g/mol. The molecule has 1 unspecified atom stereocenters. The summed E-state index contributed by atoms with van der Waals surface area (Å²) in [5.41, 5.74) is 0. The fraction of sp³-hybridized carbons (Fsp3) is 1.00. The molecule has 1 atom stereocenters. The molecule has 0 nitrogen and oxygen atoms in total. The van der Waals surface area contributed by atoms with Crippen molar-refractivity contribution in [2.24, 2.45) is 0 Å². The minimum Gasteiger partial charge on any atom is -0.218 e. The summed E-state index contributed by atoms with van der Waals surface area (Å²) < 4.78 is 59.0. The van der Waals surface area contributed by atoms with E-state index in [1.807, 2.05) is 0 Å². The summed E-state index contributed by atoms with van der Waals surface area (Å²) in [5.74, 6) is 0. The number of rotatable bonds is 3. The molecule has 0 aliphatic heterocycles. The highest BCUT2D eigenvalue weighted by Crippen LogP contribution is 2.44. The largest absolute Gasteiger partial charge is 0.348 e. The quantitative estimate of drug-likeness (QED) is 0.538. The van der Waals surface area contributed by atoms with Crippen LogP contribution in [-0.2, 0) is 0 Å². The minimum atomic E-state index is -4.14. The molecule has 0 aliphatic carbocycles. The van der Waals surface area contributed by atoms with E-state index in [1.54, 1.807) is 15.9 Å². The monoisotopic (exact) mass is 260 g/mol. The lowest BCUT2D eigenvalue weighted by molar-refractivity contribution is -0.0385. The summed E-state index contributed by atoms with van der Waals surface area (Å²) in [6.45, 7) is 0. The number of hydrogen-bond donors (Lipinski definition) is 0. The molecule has 0 heterocycles. The summed E-state index contributed by atoms with van der Waals surface area (Å²) in [6, 6.07) is 0. The van der Waals surface area contributed by atoms with Crippen LogP contribution in [0.15, 0.2) is 0 Å². The van der Waals surface area contributed by atoms with Crippen molar-refractivity contribution in [1.29, 1.82) is 0 Å². The van der Waals surface area contributed by atoms with Crippen LogP contribution < -0.4 is 0 Å². The van der Waals surface area contributed by atoms with E-state index in [4.69, 9.17) is 0 Å². The second kappa shape index (κ2) is 3.43. The predicted molar refractivity (Wildman–Crippen MR) is 34.2 cm³/mol. The first-order valence-electron chi connectivity index (χ1n) is 2.39. The first kappa shape index (κ1) is 11.4. The fourth-order valence-electron chi connectivity index (χ4n) is 0.310. The summed E-state index contributed by atoms with van der Waals surface area (Å²) in [4.78, 5) is -4.14. The summed E-state index contributed by atoms with van der Waals surface area (Å²) in [7, 11) is 0. The van der Waals surface area contributed by atoms with Crippen LogP contribution in [0.3, 0.4) is 0 Å². The van der Waals surface area contributed by atoms with Gasteiger partial charge in [-0.25, -0.2) is 13.2 Å². The van der Waals surface area contributed by atoms with Gasteiger partial charge in [0.2, 0.25) is 6.43 Å². The molecule has 0 saturated carbocycles. The maximum atomic E-state index is 12.3. The lowest BCUT2D eigenvalue weighted by Gasteiger charge is -2.22. The summed E-state index contributed by atoms with van der Waals surface area (Å²) in [6.07, 6.45) is -4.92. The van der Waals surface area contributed by atoms with E-state index in [0.29, 0.717) is 0 Å². The van der Waals surface area contributed by atoms with Gasteiger partial charge in [-0.1, -0.05) is 11.6 Å². The number of halogens is 7. The van der Waals surface area contributed by atoms with Crippen LogP contribution in [0.4, 0.5) is 22.0 Å². The second-order valence-corrected chi connectivity index (χ2v) is 3.39. The van der Waals surface area contributed by atoms with Gasteiger partial charge >= 0.3 is 4.83 Å². The molecule has 0 aromatic carbocycles. The lowest BCUT2D eigenvalue weighted by Crippen LogP contribution is -2.35. The molecule has 0 spiro atoms. The van der Waals surface area contributed by atoms with Crippen LogP contribution in [0.25, 0.3) is 0 Å². The number of hydrogen-bond acceptors (Lipinski definition) is 0. The van der Waals surface area contributed by atoms with Crippen LogP contribution in [0.5, 0.6) is 0 Å². The lowest BCUT2D eigenvalue weighted by atomic mass is 10.3. The molecule has 0 N–H and O–H groups in total. The van der Waals surface area contributed by atoms with Gasteiger partial charge in [0.1, 0.15) is 0 Å². The second-order valence-electron chi connectivity index (χ2n) is 1.80. The zero-order valence-electron chi connectivity index (χ0n) is 4.93. The third-order valence-electron chi connectivity index (χ3n) is 0.825. The van der Waals surface area contributed by atoms with Crippen LogP contribution in [0, 0.1) is 0 Å². The van der Waals surface area contributed by atoms with Crippen molar-refractivity contribution >= 4 is 27.5 Å². The Kier molecular flexibility index (Phi) is 3.56. The van der Waals surface area contributed by atoms with Gasteiger partial charge in [-0.3, -0.25) is 0 Å². The van der Waals surface area contributed by atoms with Crippen molar-refractivity contribution in [3.63, 3.8) is 0 Å². The maximum absolute atomic E-state index is 12.3. The van der Waals surface area contributed by atoms with E-state index < -0.39 is 22.8 Å². The minimum absolute atomic E-state index is 1.55. The average Bonchev–Trinajstić information content (AvgIpc) is 1.56. The van der Waals surface area contributed by atoms with Gasteiger partial charge in [0, 0.05) is 0 Å². The predicted octanol–water partition coefficient (Wildman–Crippen LogP) is 3.53. The Morgan fingerprint density at radius 2 is 1.64 bits per heavy atom. The van der Waals surface area contributed by atoms with Gasteiger partial charge in [0.05, 0.1) is 6.42 Å². The van der Waals surface area contributed by atoms with Crippen LogP contribution in [0.1, 0.15) is 6.42 Å². The first-order chi connectivity index (χ1) is 4.67. The molecule has 7 heteroatoms. The van der Waals surface area contributed by atoms with E-state index in [-0.39, 0.29) is 0 Å². The highest BCUT2D eigenvalue weighted by atomic mass is 79.9. The maximum Gasteiger partial charge on any atom is 0.348 e. The van der Waals surface area contributed by atoms with Gasteiger partial charge in [-0.05, 0) is 15.9 Å². The van der Waals surface area contributed by atoms with Gasteiger partial charge in [0.25, 0.3) is 5.13 Å². The zero-order valence-corrected chi connectivity index (χ0v) is 7.27. The van der Waals surface area contributed by atoms with Crippen molar-refractivity contribution in [3.05, 3.63) is 0 Å². The highest BCUT2D eigenvalue weighted by molar-refractivity contribution is 9.10. The topological polar surface area (TPSA) is 0 Å². The molecule has 0 amide bonds. The van der Waals surface area contributed by atoms with Crippen LogP contribution >= 0.6 is 27.5 Å². The molecule has 0 rings (SSSR count). The molecule has 0 aromatic rings. The van der Waals surface area contributed by atoms with Crippen LogP contribution in [-0.4, -0.2) is 16.4 Å². The van der Waals surface area contributed by atoms with E-state index in [9.17, 15) is 22.0 Å². The van der Waals surface area contributed by atoms with Gasteiger partial charge in [-0.15, -0.1) is 0 Å². The van der Waals surface area contributed by atoms with Crippen molar-refractivity contribution < 1.29 is 22.0 Å². The third-order valence-corrected chi connectivity index (χ3v) is 2.07. The third kappa shape index (κ3) is 3.55. The average molecular weight is 261 g/mol. The molecule has 0 aromatic heterocycles. The van der Waals surface area contributed by atoms with E-state index in [1.165, 1.54) is 0 Å². The van der Waals surface area contributed by atoms with Crippen molar-refractivity contribution in [2.75, 3.05) is 0 Å². The van der Waals surface area contributed by atoms with Crippen molar-refractivity contribution in [2.45, 2.75) is 22.8 Å². The van der Waals surface area contributed by atoms with Gasteiger partial charge < -0.3 is 0 Å². The molecule has 0 radical (unpaired) electrons. The van der Waals surface area contributed by atoms with E-state index in [2.05, 4.69) is 11.6 Å². The Bertz CT molecular complexity index is 131. The molecule has 0 fully saturated rings. The fourth-order valence-corrected chi connectivity index (χ4v) is 0.588. The molecule has 0 saturated heterocycles. The Morgan fingerprint density at radius 3 is 1.73 bits per heavy atom. The SMILES string of the molecule is FC(F)CC(F)(Cl)C(F)(F)Br. The molecule has 0 bridgehead atoms. The molecular formula is C4H3BrClF5. The number of alkyl halides is 7. The van der Waals surface area contributed by atoms with E-state index >= 15 is 0 Å². The normalized spacial score (nSPS) is 18.5. The highest BCUT2D eigenvalue weighted by Gasteiger charge is 2.53. The molecule has 11 heavy (non-hydrogen) atoms. The van der Waals surface area contributed by atoms with Gasteiger partial charge in [0.15, 0.2) is 0 Å². The Morgan fingerprint density at radius 1 is 1.27 bits per heavy atom. The molecule has 0 aliphatic rings. The van der Waals surface area contributed by atoms with Crippen molar-refractivity contribution in [1.82, 2.24) is 0 Å². The smallest absolute Gasteiger partial charge is 0.218 e. The summed E-state index contributed by atoms with van der Waals surface area (Å²) >= 11 is 6.02.